The van der Waals surface area contributed by atoms with Crippen molar-refractivity contribution in [1.82, 2.24) is 10.2 Å². The van der Waals surface area contributed by atoms with Crippen LogP contribution >= 0.6 is 0 Å². The minimum Gasteiger partial charge on any atom is -0.347 e. The van der Waals surface area contributed by atoms with Gasteiger partial charge in [-0.25, -0.2) is 0 Å². The molecule has 25 heavy (non-hydrogen) atoms. The van der Waals surface area contributed by atoms with Crippen molar-refractivity contribution < 1.29 is 14.4 Å². The van der Waals surface area contributed by atoms with Gasteiger partial charge in [-0.2, -0.15) is 0 Å². The molecule has 1 aromatic carbocycles. The van der Waals surface area contributed by atoms with Crippen molar-refractivity contribution in [3.8, 4) is 0 Å². The summed E-state index contributed by atoms with van der Waals surface area (Å²) in [5.41, 5.74) is 0.568. The summed E-state index contributed by atoms with van der Waals surface area (Å²) in [5, 5.41) is 5.78. The maximum Gasteiger partial charge on any atom is 0.253 e. The quantitative estimate of drug-likeness (QED) is 0.883. The van der Waals surface area contributed by atoms with E-state index < -0.39 is 0 Å². The van der Waals surface area contributed by atoms with Gasteiger partial charge < -0.3 is 15.5 Å². The maximum absolute atomic E-state index is 12.6. The predicted octanol–water partition coefficient (Wildman–Crippen LogP) is 2.41. The van der Waals surface area contributed by atoms with Crippen molar-refractivity contribution >= 4 is 23.4 Å². The number of nitrogens with zero attached hydrogens (tertiary/aromatic N) is 1. The number of carbonyl (C=O) groups is 3. The second-order valence-corrected chi connectivity index (χ2v) is 7.54. The van der Waals surface area contributed by atoms with Gasteiger partial charge in [-0.1, -0.05) is 12.1 Å². The summed E-state index contributed by atoms with van der Waals surface area (Å²) in [5.74, 6) is -0.641. The lowest BCUT2D eigenvalue weighted by Crippen LogP contribution is -2.43. The fourth-order valence-corrected chi connectivity index (χ4v) is 2.91. The Morgan fingerprint density at radius 1 is 1.16 bits per heavy atom. The van der Waals surface area contributed by atoms with Crippen LogP contribution in [0.5, 0.6) is 0 Å². The van der Waals surface area contributed by atoms with Crippen molar-refractivity contribution in [2.24, 2.45) is 5.92 Å². The summed E-state index contributed by atoms with van der Waals surface area (Å²) in [4.78, 5) is 38.3. The van der Waals surface area contributed by atoms with Crippen molar-refractivity contribution in [2.45, 2.75) is 46.1 Å². The number of hydrogen-bond acceptors (Lipinski definition) is 3. The number of amides is 3. The zero-order chi connectivity index (χ0) is 18.6. The molecular formula is C19H27N3O3. The van der Waals surface area contributed by atoms with Gasteiger partial charge in [-0.3, -0.25) is 14.4 Å². The number of anilines is 1. The van der Waals surface area contributed by atoms with Gasteiger partial charge in [-0.05, 0) is 45.7 Å². The molecule has 1 saturated heterocycles. The minimum atomic E-state index is -0.362. The molecule has 6 heteroatoms. The summed E-state index contributed by atoms with van der Waals surface area (Å²) in [6.45, 7) is 8.37. The second-order valence-electron chi connectivity index (χ2n) is 7.54. The summed E-state index contributed by atoms with van der Waals surface area (Å²) < 4.78 is 0. The average molecular weight is 345 g/mol. The van der Waals surface area contributed by atoms with E-state index in [0.29, 0.717) is 24.3 Å². The molecule has 1 heterocycles. The molecule has 2 N–H and O–H groups in total. The van der Waals surface area contributed by atoms with Crippen LogP contribution in [-0.2, 0) is 9.59 Å². The number of nitrogens with one attached hydrogen (secondary N) is 2. The molecule has 1 unspecified atom stereocenters. The Labute approximate surface area is 149 Å². The number of carbonyl (C=O) groups excluding carboxylic acids is 3. The van der Waals surface area contributed by atoms with E-state index in [2.05, 4.69) is 10.6 Å². The zero-order valence-corrected chi connectivity index (χ0v) is 15.4. The highest BCUT2D eigenvalue weighted by Crippen LogP contribution is 2.21. The minimum absolute atomic E-state index is 0.0116. The molecule has 1 aromatic rings. The van der Waals surface area contributed by atoms with Gasteiger partial charge in [-0.15, -0.1) is 0 Å². The molecule has 1 fully saturated rings. The van der Waals surface area contributed by atoms with Crippen LogP contribution in [0, 0.1) is 5.92 Å². The Hall–Kier alpha value is -2.37. The Kier molecular flexibility index (Phi) is 5.82. The standard InChI is InChI=1S/C19H27N3O3/c1-13(23)22-11-7-8-14(12-22)17(24)20-16-10-6-5-9-15(16)18(25)21-19(2,3)4/h5-6,9-10,14H,7-8,11-12H2,1-4H3,(H,20,24)(H,21,25). The van der Waals surface area contributed by atoms with Crippen LogP contribution in [0.2, 0.25) is 0 Å². The highest BCUT2D eigenvalue weighted by atomic mass is 16.2. The fraction of sp³-hybridized carbons (Fsp3) is 0.526. The highest BCUT2D eigenvalue weighted by molar-refractivity contribution is 6.04. The number of rotatable bonds is 3. The molecule has 3 amide bonds. The molecule has 0 saturated carbocycles. The van der Waals surface area contributed by atoms with Crippen LogP contribution in [0.4, 0.5) is 5.69 Å². The van der Waals surface area contributed by atoms with E-state index >= 15 is 0 Å². The lowest BCUT2D eigenvalue weighted by atomic mass is 9.96. The summed E-state index contributed by atoms with van der Waals surface area (Å²) in [7, 11) is 0. The van der Waals surface area contributed by atoms with Crippen molar-refractivity contribution in [3.05, 3.63) is 29.8 Å². The number of para-hydroxylation sites is 1. The molecule has 1 atom stereocenters. The third kappa shape index (κ3) is 5.31. The van der Waals surface area contributed by atoms with E-state index in [1.807, 2.05) is 20.8 Å². The second kappa shape index (κ2) is 7.68. The molecule has 0 aromatic heterocycles. The molecule has 0 radical (unpaired) electrons. The molecule has 2 rings (SSSR count). The van der Waals surface area contributed by atoms with E-state index in [0.717, 1.165) is 12.8 Å². The Morgan fingerprint density at radius 3 is 2.48 bits per heavy atom. The van der Waals surface area contributed by atoms with Gasteiger partial charge >= 0.3 is 0 Å². The summed E-state index contributed by atoms with van der Waals surface area (Å²) in [6, 6.07) is 6.97. The lowest BCUT2D eigenvalue weighted by Gasteiger charge is -2.31. The SMILES string of the molecule is CC(=O)N1CCCC(C(=O)Nc2ccccc2C(=O)NC(C)(C)C)C1. The molecule has 1 aliphatic heterocycles. The van der Waals surface area contributed by atoms with Crippen LogP contribution in [0.15, 0.2) is 24.3 Å². The van der Waals surface area contributed by atoms with Gasteiger partial charge in [0.05, 0.1) is 17.2 Å². The number of likely N-dealkylation sites (tertiary alicyclic amines) is 1. The van der Waals surface area contributed by atoms with E-state index in [4.69, 9.17) is 0 Å². The first-order chi connectivity index (χ1) is 11.7. The summed E-state index contributed by atoms with van der Waals surface area (Å²) in [6.07, 6.45) is 1.55. The molecule has 6 nitrogen and oxygen atoms in total. The van der Waals surface area contributed by atoms with Crippen LogP contribution in [-0.4, -0.2) is 41.2 Å². The highest BCUT2D eigenvalue weighted by Gasteiger charge is 2.28. The molecule has 136 valence electrons. The zero-order valence-electron chi connectivity index (χ0n) is 15.4. The summed E-state index contributed by atoms with van der Waals surface area (Å²) >= 11 is 0. The molecule has 1 aliphatic rings. The monoisotopic (exact) mass is 345 g/mol. The van der Waals surface area contributed by atoms with E-state index in [1.54, 1.807) is 29.2 Å². The van der Waals surface area contributed by atoms with Crippen molar-refractivity contribution in [2.75, 3.05) is 18.4 Å². The van der Waals surface area contributed by atoms with Gasteiger partial charge in [0.2, 0.25) is 11.8 Å². The molecule has 0 aliphatic carbocycles. The van der Waals surface area contributed by atoms with Crippen molar-refractivity contribution in [1.29, 1.82) is 0 Å². The largest absolute Gasteiger partial charge is 0.347 e. The Bertz CT molecular complexity index is 664. The molecule has 0 bridgehead atoms. The van der Waals surface area contributed by atoms with Crippen molar-refractivity contribution in [3.63, 3.8) is 0 Å². The maximum atomic E-state index is 12.6. The first kappa shape index (κ1) is 19.0. The van der Waals surface area contributed by atoms with Crippen LogP contribution in [0.1, 0.15) is 50.9 Å². The Morgan fingerprint density at radius 2 is 1.84 bits per heavy atom. The Balaban J connectivity index is 2.11. The van der Waals surface area contributed by atoms with Crippen LogP contribution < -0.4 is 10.6 Å². The lowest BCUT2D eigenvalue weighted by molar-refractivity contribution is -0.132. The molecular weight excluding hydrogens is 318 g/mol. The third-order valence-corrected chi connectivity index (χ3v) is 4.16. The first-order valence-electron chi connectivity index (χ1n) is 8.65. The van der Waals surface area contributed by atoms with Crippen LogP contribution in [0.25, 0.3) is 0 Å². The van der Waals surface area contributed by atoms with Crippen LogP contribution in [0.3, 0.4) is 0 Å². The number of piperidine rings is 1. The predicted molar refractivity (Wildman–Crippen MR) is 97.3 cm³/mol. The third-order valence-electron chi connectivity index (χ3n) is 4.16. The number of benzene rings is 1. The normalized spacial score (nSPS) is 17.8. The number of hydrogen-bond donors (Lipinski definition) is 2. The van der Waals surface area contributed by atoms with Gasteiger partial charge in [0.15, 0.2) is 0 Å². The topological polar surface area (TPSA) is 78.5 Å². The fourth-order valence-electron chi connectivity index (χ4n) is 2.91. The van der Waals surface area contributed by atoms with E-state index in [9.17, 15) is 14.4 Å². The first-order valence-corrected chi connectivity index (χ1v) is 8.65. The smallest absolute Gasteiger partial charge is 0.253 e. The average Bonchev–Trinajstić information content (AvgIpc) is 2.53. The van der Waals surface area contributed by atoms with Gasteiger partial charge in [0.1, 0.15) is 0 Å². The van der Waals surface area contributed by atoms with Gasteiger partial charge in [0.25, 0.3) is 5.91 Å². The van der Waals surface area contributed by atoms with E-state index in [1.165, 1.54) is 6.92 Å². The molecule has 0 spiro atoms. The van der Waals surface area contributed by atoms with E-state index in [-0.39, 0.29) is 29.2 Å². The van der Waals surface area contributed by atoms with Gasteiger partial charge in [0, 0.05) is 25.6 Å².